The van der Waals surface area contributed by atoms with Gasteiger partial charge in [-0.15, -0.1) is 0 Å². The molecular formula is C14H26N4. The second-order valence-corrected chi connectivity index (χ2v) is 5.53. The van der Waals surface area contributed by atoms with Gasteiger partial charge < -0.3 is 10.2 Å². The zero-order valence-electron chi connectivity index (χ0n) is 12.1. The van der Waals surface area contributed by atoms with E-state index in [1.807, 2.05) is 10.9 Å². The number of anilines is 1. The first kappa shape index (κ1) is 13.4. The van der Waals surface area contributed by atoms with Gasteiger partial charge in [0.2, 0.25) is 0 Å². The lowest BCUT2D eigenvalue weighted by Crippen LogP contribution is -2.58. The molecule has 1 aliphatic rings. The summed E-state index contributed by atoms with van der Waals surface area (Å²) in [7, 11) is 0. The van der Waals surface area contributed by atoms with E-state index in [1.165, 1.54) is 12.1 Å². The molecule has 0 spiro atoms. The van der Waals surface area contributed by atoms with Gasteiger partial charge in [0, 0.05) is 37.9 Å². The minimum atomic E-state index is 0.581. The van der Waals surface area contributed by atoms with Crippen LogP contribution in [0.3, 0.4) is 0 Å². The minimum Gasteiger partial charge on any atom is -0.363 e. The quantitative estimate of drug-likeness (QED) is 0.888. The number of piperazine rings is 1. The molecule has 0 saturated carbocycles. The predicted molar refractivity (Wildman–Crippen MR) is 76.0 cm³/mol. The summed E-state index contributed by atoms with van der Waals surface area (Å²) in [5.41, 5.74) is 1.27. The number of rotatable bonds is 4. The van der Waals surface area contributed by atoms with E-state index in [2.05, 4.69) is 49.2 Å². The van der Waals surface area contributed by atoms with Gasteiger partial charge in [-0.3, -0.25) is 4.68 Å². The maximum absolute atomic E-state index is 4.40. The molecule has 4 nitrogen and oxygen atoms in total. The molecule has 102 valence electrons. The van der Waals surface area contributed by atoms with Crippen molar-refractivity contribution in [2.45, 2.75) is 52.7 Å². The van der Waals surface area contributed by atoms with Crippen molar-refractivity contribution in [1.29, 1.82) is 0 Å². The first-order valence-electron chi connectivity index (χ1n) is 7.18. The fraction of sp³-hybridized carbons (Fsp3) is 0.786. The summed E-state index contributed by atoms with van der Waals surface area (Å²) in [6.07, 6.45) is 5.36. The monoisotopic (exact) mass is 250 g/mol. The first-order valence-corrected chi connectivity index (χ1v) is 7.18. The van der Waals surface area contributed by atoms with Crippen LogP contribution in [0, 0.1) is 5.92 Å². The summed E-state index contributed by atoms with van der Waals surface area (Å²) >= 11 is 0. The maximum Gasteiger partial charge on any atom is 0.0755 e. The third kappa shape index (κ3) is 2.69. The highest BCUT2D eigenvalue weighted by Crippen LogP contribution is 2.22. The van der Waals surface area contributed by atoms with Crippen LogP contribution < -0.4 is 10.2 Å². The van der Waals surface area contributed by atoms with Crippen LogP contribution in [-0.4, -0.2) is 35.0 Å². The number of hydrogen-bond acceptors (Lipinski definition) is 3. The lowest BCUT2D eigenvalue weighted by molar-refractivity contribution is 0.325. The fourth-order valence-electron chi connectivity index (χ4n) is 2.62. The Balaban J connectivity index is 2.15. The summed E-state index contributed by atoms with van der Waals surface area (Å²) in [5, 5.41) is 8.07. The van der Waals surface area contributed by atoms with Crippen LogP contribution in [0.5, 0.6) is 0 Å². The fourth-order valence-corrected chi connectivity index (χ4v) is 2.62. The molecule has 1 saturated heterocycles. The Morgan fingerprint density at radius 1 is 1.44 bits per heavy atom. The lowest BCUT2D eigenvalue weighted by atomic mass is 9.98. The van der Waals surface area contributed by atoms with E-state index in [1.54, 1.807) is 0 Å². The van der Waals surface area contributed by atoms with E-state index in [-0.39, 0.29) is 0 Å². The highest BCUT2D eigenvalue weighted by Gasteiger charge is 2.28. The van der Waals surface area contributed by atoms with Gasteiger partial charge in [0.05, 0.1) is 11.9 Å². The van der Waals surface area contributed by atoms with E-state index in [0.717, 1.165) is 19.6 Å². The summed E-state index contributed by atoms with van der Waals surface area (Å²) in [5.74, 6) is 0.673. The molecule has 1 aromatic rings. The van der Waals surface area contributed by atoms with Gasteiger partial charge in [-0.2, -0.15) is 5.10 Å². The van der Waals surface area contributed by atoms with Crippen LogP contribution in [0.4, 0.5) is 5.69 Å². The summed E-state index contributed by atoms with van der Waals surface area (Å²) in [6.45, 7) is 12.1. The highest BCUT2D eigenvalue weighted by atomic mass is 15.3. The molecule has 4 heteroatoms. The van der Waals surface area contributed by atoms with Crippen LogP contribution in [0.25, 0.3) is 0 Å². The van der Waals surface area contributed by atoms with Crippen molar-refractivity contribution in [2.24, 2.45) is 5.92 Å². The predicted octanol–water partition coefficient (Wildman–Crippen LogP) is 2.12. The summed E-state index contributed by atoms with van der Waals surface area (Å²) < 4.78 is 2.01. The summed E-state index contributed by atoms with van der Waals surface area (Å²) in [6, 6.07) is 1.17. The number of nitrogens with one attached hydrogen (secondary N) is 1. The lowest BCUT2D eigenvalue weighted by Gasteiger charge is -2.42. The van der Waals surface area contributed by atoms with Gasteiger partial charge in [-0.1, -0.05) is 20.8 Å². The molecule has 2 rings (SSSR count). The largest absolute Gasteiger partial charge is 0.363 e. The van der Waals surface area contributed by atoms with Crippen LogP contribution in [0.1, 0.15) is 34.1 Å². The molecule has 0 aliphatic carbocycles. The number of hydrogen-bond donors (Lipinski definition) is 1. The van der Waals surface area contributed by atoms with Gasteiger partial charge in [0.15, 0.2) is 0 Å². The van der Waals surface area contributed by atoms with Crippen molar-refractivity contribution in [1.82, 2.24) is 15.1 Å². The topological polar surface area (TPSA) is 33.1 Å². The molecule has 2 atom stereocenters. The molecule has 1 aliphatic heterocycles. The van der Waals surface area contributed by atoms with Crippen LogP contribution in [-0.2, 0) is 6.54 Å². The van der Waals surface area contributed by atoms with Gasteiger partial charge >= 0.3 is 0 Å². The van der Waals surface area contributed by atoms with E-state index in [9.17, 15) is 0 Å². The Bertz CT molecular complexity index is 372. The van der Waals surface area contributed by atoms with E-state index < -0.39 is 0 Å². The Labute approximate surface area is 110 Å². The van der Waals surface area contributed by atoms with Crippen LogP contribution in [0.15, 0.2) is 12.4 Å². The van der Waals surface area contributed by atoms with E-state index in [0.29, 0.717) is 18.0 Å². The molecule has 0 aromatic carbocycles. The van der Waals surface area contributed by atoms with Gasteiger partial charge in [0.1, 0.15) is 0 Å². The SMILES string of the molecule is CCC1CNC(C(C)C)CN1c1cnn(CC)c1. The molecule has 0 radical (unpaired) electrons. The standard InChI is InChI=1S/C14H26N4/c1-5-12-7-15-14(11(3)4)10-18(12)13-8-16-17(6-2)9-13/h8-9,11-12,14-15H,5-7,10H2,1-4H3. The van der Waals surface area contributed by atoms with Crippen molar-refractivity contribution in [3.8, 4) is 0 Å². The molecule has 2 unspecified atom stereocenters. The number of aromatic nitrogens is 2. The average molecular weight is 250 g/mol. The highest BCUT2D eigenvalue weighted by molar-refractivity contribution is 5.44. The molecular weight excluding hydrogens is 224 g/mol. The third-order valence-electron chi connectivity index (χ3n) is 4.00. The van der Waals surface area contributed by atoms with Crippen LogP contribution in [0.2, 0.25) is 0 Å². The third-order valence-corrected chi connectivity index (χ3v) is 4.00. The Morgan fingerprint density at radius 2 is 2.22 bits per heavy atom. The smallest absolute Gasteiger partial charge is 0.0755 e. The molecule has 1 fully saturated rings. The molecule has 1 N–H and O–H groups in total. The molecule has 2 heterocycles. The van der Waals surface area contributed by atoms with E-state index in [4.69, 9.17) is 0 Å². The van der Waals surface area contributed by atoms with Gasteiger partial charge in [-0.25, -0.2) is 0 Å². The Morgan fingerprint density at radius 3 is 2.78 bits per heavy atom. The van der Waals surface area contributed by atoms with Gasteiger partial charge in [-0.05, 0) is 19.3 Å². The average Bonchev–Trinajstić information content (AvgIpc) is 2.86. The first-order chi connectivity index (χ1) is 8.65. The second kappa shape index (κ2) is 5.74. The Kier molecular flexibility index (Phi) is 4.27. The van der Waals surface area contributed by atoms with Crippen molar-refractivity contribution in [3.63, 3.8) is 0 Å². The molecule has 0 amide bonds. The maximum atomic E-state index is 4.40. The molecule has 18 heavy (non-hydrogen) atoms. The van der Waals surface area contributed by atoms with Gasteiger partial charge in [0.25, 0.3) is 0 Å². The van der Waals surface area contributed by atoms with Crippen molar-refractivity contribution < 1.29 is 0 Å². The Hall–Kier alpha value is -1.03. The zero-order valence-corrected chi connectivity index (χ0v) is 12.1. The van der Waals surface area contributed by atoms with E-state index >= 15 is 0 Å². The zero-order chi connectivity index (χ0) is 13.1. The van der Waals surface area contributed by atoms with Crippen molar-refractivity contribution >= 4 is 5.69 Å². The normalized spacial score (nSPS) is 24.8. The molecule has 1 aromatic heterocycles. The second-order valence-electron chi connectivity index (χ2n) is 5.53. The van der Waals surface area contributed by atoms with Crippen molar-refractivity contribution in [2.75, 3.05) is 18.0 Å². The summed E-state index contributed by atoms with van der Waals surface area (Å²) in [4.78, 5) is 2.53. The van der Waals surface area contributed by atoms with Crippen LogP contribution >= 0.6 is 0 Å². The molecule has 0 bridgehead atoms. The van der Waals surface area contributed by atoms with Crippen molar-refractivity contribution in [3.05, 3.63) is 12.4 Å². The minimum absolute atomic E-state index is 0.581. The number of aryl methyl sites for hydroxylation is 1. The number of nitrogens with zero attached hydrogens (tertiary/aromatic N) is 3.